The monoisotopic (exact) mass is 293 g/mol. The molecule has 1 aromatic carbocycles. The number of aliphatic hydroxyl groups is 1. The van der Waals surface area contributed by atoms with Gasteiger partial charge in [0.2, 0.25) is 0 Å². The summed E-state index contributed by atoms with van der Waals surface area (Å²) in [6, 6.07) is 4.80. The predicted octanol–water partition coefficient (Wildman–Crippen LogP) is 3.04. The first-order valence-corrected chi connectivity index (χ1v) is 5.91. The summed E-state index contributed by atoms with van der Waals surface area (Å²) in [4.78, 5) is -0.0899. The molecule has 0 saturated heterocycles. The normalized spacial score (nSPS) is 45.5. The van der Waals surface area contributed by atoms with Gasteiger partial charge in [-0.25, -0.2) is 0 Å². The van der Waals surface area contributed by atoms with Crippen molar-refractivity contribution < 1.29 is 31.8 Å². The maximum absolute atomic E-state index is 11.8. The Morgan fingerprint density at radius 2 is 1.95 bits per heavy atom. The van der Waals surface area contributed by atoms with Crippen LogP contribution in [0.3, 0.4) is 0 Å². The molecule has 20 heavy (non-hydrogen) atoms. The molecule has 1 aliphatic rings. The highest BCUT2D eigenvalue weighted by Crippen LogP contribution is 2.40. The fourth-order valence-electron chi connectivity index (χ4n) is 1.99. The Hall–Kier alpha value is -1.06. The fraction of sp³-hybridized carbons (Fsp3) is 0.647. The lowest BCUT2D eigenvalue weighted by atomic mass is 9.72. The van der Waals surface area contributed by atoms with Gasteiger partial charge in [-0.2, -0.15) is 0 Å². The van der Waals surface area contributed by atoms with E-state index < -0.39 is 63.9 Å². The van der Waals surface area contributed by atoms with Gasteiger partial charge in [-0.15, -0.1) is 0 Å². The zero-order valence-electron chi connectivity index (χ0n) is 26.9. The lowest BCUT2D eigenvalue weighted by Crippen LogP contribution is -2.42. The van der Waals surface area contributed by atoms with Crippen LogP contribution in [-0.4, -0.2) is 43.2 Å². The van der Waals surface area contributed by atoms with Crippen molar-refractivity contribution in [1.29, 1.82) is 0 Å². The number of hydrogen-bond acceptors (Lipinski definition) is 3. The molecule has 0 heterocycles. The van der Waals surface area contributed by atoms with E-state index >= 15 is 0 Å². The van der Waals surface area contributed by atoms with Crippen molar-refractivity contribution in [3.05, 3.63) is 29.8 Å². The average Bonchev–Trinajstić information content (AvgIpc) is 2.70. The van der Waals surface area contributed by atoms with Gasteiger partial charge < -0.3 is 14.7 Å². The molecule has 2 rings (SSSR count). The lowest BCUT2D eigenvalue weighted by Gasteiger charge is -2.40. The second-order valence-corrected chi connectivity index (χ2v) is 4.33. The molecular formula is C17H27NO2. The van der Waals surface area contributed by atoms with Gasteiger partial charge >= 0.3 is 0 Å². The van der Waals surface area contributed by atoms with Crippen molar-refractivity contribution >= 4 is 0 Å². The first kappa shape index (κ1) is 4.72. The van der Waals surface area contributed by atoms with Crippen LogP contribution in [0.4, 0.5) is 0 Å². The number of hydrogen-bond donors (Lipinski definition) is 1. The molecule has 1 aliphatic carbocycles. The average molecular weight is 294 g/mol. The molecule has 3 heteroatoms. The van der Waals surface area contributed by atoms with Gasteiger partial charge in [0.25, 0.3) is 0 Å². The number of methoxy groups -OCH3 is 1. The van der Waals surface area contributed by atoms with Crippen molar-refractivity contribution in [2.45, 2.75) is 43.4 Å². The van der Waals surface area contributed by atoms with Crippen LogP contribution in [0.25, 0.3) is 0 Å². The summed E-state index contributed by atoms with van der Waals surface area (Å²) in [6.07, 6.45) is -19.4. The molecule has 0 aliphatic heterocycles. The zero-order valence-corrected chi connectivity index (χ0v) is 10.9. The van der Waals surface area contributed by atoms with Crippen molar-refractivity contribution in [1.82, 2.24) is 4.90 Å². The molecule has 3 nitrogen and oxygen atoms in total. The molecule has 0 amide bonds. The third-order valence-electron chi connectivity index (χ3n) is 3.02. The SMILES string of the molecule is [2H]C([2H])([2H])N(CC(c1ccc(OC)cc1)C1(O)C([2H])([2H])C([2H])([2H])C([2H])([2H])C([2H])([2H])C1([2H])[2H])C([2H])([2H])[2H]. The molecule has 1 saturated carbocycles. The maximum Gasteiger partial charge on any atom is 0.118 e. The summed E-state index contributed by atoms with van der Waals surface area (Å²) in [5.74, 6) is -2.00. The Morgan fingerprint density at radius 1 is 1.30 bits per heavy atom. The van der Waals surface area contributed by atoms with Gasteiger partial charge in [0, 0.05) is 34.4 Å². The Kier molecular flexibility index (Phi) is 1.56. The molecule has 0 bridgehead atoms. The lowest BCUT2D eigenvalue weighted by molar-refractivity contribution is -0.0277. The van der Waals surface area contributed by atoms with Crippen molar-refractivity contribution in [2.75, 3.05) is 27.6 Å². The van der Waals surface area contributed by atoms with E-state index in [4.69, 9.17) is 26.7 Å². The third kappa shape index (κ3) is 3.53. The highest BCUT2D eigenvalue weighted by Gasteiger charge is 2.38. The molecule has 1 atom stereocenters. The van der Waals surface area contributed by atoms with Crippen LogP contribution in [0.5, 0.6) is 5.75 Å². The van der Waals surface area contributed by atoms with E-state index in [1.165, 1.54) is 19.2 Å². The second kappa shape index (κ2) is 6.59. The second-order valence-electron chi connectivity index (χ2n) is 4.33. The van der Waals surface area contributed by atoms with Gasteiger partial charge in [0.15, 0.2) is 0 Å². The first-order valence-electron chi connectivity index (χ1n) is 13.9. The molecule has 0 aromatic heterocycles. The highest BCUT2D eigenvalue weighted by molar-refractivity contribution is 5.31. The van der Waals surface area contributed by atoms with Gasteiger partial charge in [0.1, 0.15) is 5.75 Å². The van der Waals surface area contributed by atoms with Crippen molar-refractivity contribution in [3.63, 3.8) is 0 Å². The van der Waals surface area contributed by atoms with E-state index in [0.29, 0.717) is 0 Å². The smallest absolute Gasteiger partial charge is 0.118 e. The molecule has 1 N–H and O–H groups in total. The van der Waals surface area contributed by atoms with Crippen LogP contribution < -0.4 is 4.74 Å². The minimum Gasteiger partial charge on any atom is -0.497 e. The molecule has 0 spiro atoms. The molecule has 1 fully saturated rings. The molecule has 1 unspecified atom stereocenters. The van der Waals surface area contributed by atoms with Gasteiger partial charge in [-0.3, -0.25) is 0 Å². The minimum atomic E-state index is -3.92. The van der Waals surface area contributed by atoms with Gasteiger partial charge in [-0.1, -0.05) is 31.3 Å². The number of ether oxygens (including phenoxy) is 1. The summed E-state index contributed by atoms with van der Waals surface area (Å²) in [5, 5.41) is 11.8. The zero-order chi connectivity index (χ0) is 28.6. The standard InChI is InChI=1S/C17H27NO2/c1-18(2)13-16(17(19)11-5-4-6-12-17)14-7-9-15(20-3)10-8-14/h7-10,16,19H,4-6,11-13H2,1-3H3/i1D3,2D3,4D2,5D2,6D2,11D2,12D2. The Labute approximate surface area is 145 Å². The largest absolute Gasteiger partial charge is 0.497 e. The summed E-state index contributed by atoms with van der Waals surface area (Å²) in [6.45, 7) is -8.07. The number of rotatable bonds is 5. The summed E-state index contributed by atoms with van der Waals surface area (Å²) in [7, 11) is 1.30. The van der Waals surface area contributed by atoms with Crippen LogP contribution in [0.1, 0.15) is 65.3 Å². The van der Waals surface area contributed by atoms with E-state index in [-0.39, 0.29) is 16.2 Å². The van der Waals surface area contributed by atoms with Crippen LogP contribution in [-0.2, 0) is 0 Å². The third-order valence-corrected chi connectivity index (χ3v) is 3.02. The molecule has 1 aromatic rings. The Bertz CT molecular complexity index is 909. The highest BCUT2D eigenvalue weighted by atomic mass is 16.5. The van der Waals surface area contributed by atoms with Crippen LogP contribution in [0, 0.1) is 0 Å². The molecule has 0 radical (unpaired) electrons. The Morgan fingerprint density at radius 3 is 2.50 bits per heavy atom. The summed E-state index contributed by atoms with van der Waals surface area (Å²) >= 11 is 0. The predicted molar refractivity (Wildman–Crippen MR) is 82.3 cm³/mol. The van der Waals surface area contributed by atoms with Gasteiger partial charge in [-0.05, 0) is 44.4 Å². The van der Waals surface area contributed by atoms with Crippen molar-refractivity contribution in [2.24, 2.45) is 0 Å². The maximum atomic E-state index is 11.8. The first-order chi connectivity index (χ1) is 15.8. The van der Waals surface area contributed by atoms with Crippen molar-refractivity contribution in [3.8, 4) is 5.75 Å². The van der Waals surface area contributed by atoms with Crippen LogP contribution >= 0.6 is 0 Å². The van der Waals surface area contributed by atoms with E-state index in [1.807, 2.05) is 0 Å². The number of likely N-dealkylation sites (N-methyl/N-ethyl adjacent to an activating group) is 1. The summed E-state index contributed by atoms with van der Waals surface area (Å²) < 4.78 is 133. The van der Waals surface area contributed by atoms with E-state index in [1.54, 1.807) is 0 Å². The van der Waals surface area contributed by atoms with Crippen LogP contribution in [0.15, 0.2) is 24.3 Å². The number of nitrogens with zero attached hydrogens (tertiary/aromatic N) is 1. The minimum absolute atomic E-state index is 0.0899. The number of benzene rings is 1. The van der Waals surface area contributed by atoms with E-state index in [0.717, 1.165) is 12.1 Å². The van der Waals surface area contributed by atoms with Gasteiger partial charge in [0.05, 0.1) is 12.7 Å². The topological polar surface area (TPSA) is 32.7 Å². The molecule has 112 valence electrons. The molecular weight excluding hydrogens is 250 g/mol. The van der Waals surface area contributed by atoms with E-state index in [2.05, 4.69) is 0 Å². The fourth-order valence-corrected chi connectivity index (χ4v) is 1.99. The van der Waals surface area contributed by atoms with Crippen LogP contribution in [0.2, 0.25) is 0 Å². The Balaban J connectivity index is 2.99. The quantitative estimate of drug-likeness (QED) is 0.906. The van der Waals surface area contributed by atoms with E-state index in [9.17, 15) is 5.11 Å². The summed E-state index contributed by atoms with van der Waals surface area (Å²) in [5.41, 5.74) is -4.10.